The van der Waals surface area contributed by atoms with Crippen LogP contribution in [0.25, 0.3) is 57.6 Å². The first-order valence-corrected chi connectivity index (χ1v) is 53.8. The largest absolute Gasteiger partial charge is 0.496 e. The number of nitriles is 1. The zero-order chi connectivity index (χ0) is 104. The monoisotopic (exact) mass is 1940 g/mol. The van der Waals surface area contributed by atoms with E-state index < -0.39 is 6.17 Å². The van der Waals surface area contributed by atoms with Crippen LogP contribution < -0.4 is 9.64 Å². The number of benzene rings is 9. The molecule has 0 radical (unpaired) electrons. The number of hydrogen-bond acceptors (Lipinski definition) is 9. The van der Waals surface area contributed by atoms with Crippen LogP contribution in [0.4, 0.5) is 10.1 Å². The Labute approximate surface area is 870 Å². The topological polar surface area (TPSA) is 77.5 Å². The molecule has 7 fully saturated rings. The number of alkyl halides is 1. The van der Waals surface area contributed by atoms with Gasteiger partial charge in [0, 0.05) is 110 Å². The van der Waals surface area contributed by atoms with Crippen molar-refractivity contribution in [1.82, 2.24) is 29.4 Å². The van der Waals surface area contributed by atoms with Gasteiger partial charge in [-0.25, -0.2) is 37.3 Å². The lowest BCUT2D eigenvalue weighted by Gasteiger charge is -2.46. The highest BCUT2D eigenvalue weighted by atomic mass is 19.1. The number of halogens is 1. The number of rotatable bonds is 23. The summed E-state index contributed by atoms with van der Waals surface area (Å²) in [7, 11) is 1.73. The average molecular weight is 1940 g/mol. The first-order valence-electron chi connectivity index (χ1n) is 53.8. The van der Waals surface area contributed by atoms with Crippen molar-refractivity contribution in [2.24, 2.45) is 66.0 Å². The summed E-state index contributed by atoms with van der Waals surface area (Å²) in [5, 5.41) is 8.95. The van der Waals surface area contributed by atoms with Crippen LogP contribution in [-0.2, 0) is 39.3 Å². The van der Waals surface area contributed by atoms with Gasteiger partial charge >= 0.3 is 0 Å². The molecule has 9 aromatic rings. The van der Waals surface area contributed by atoms with Crippen molar-refractivity contribution in [3.63, 3.8) is 0 Å². The third-order valence-corrected chi connectivity index (χ3v) is 34.8. The van der Waals surface area contributed by atoms with Gasteiger partial charge in [0.15, 0.2) is 0 Å². The Morgan fingerprint density at radius 2 is 0.632 bits per heavy atom. The number of nitrogens with zero attached hydrogens (tertiary/aromatic N) is 13. The summed E-state index contributed by atoms with van der Waals surface area (Å²) >= 11 is 0. The van der Waals surface area contributed by atoms with Crippen molar-refractivity contribution < 1.29 is 9.13 Å². The molecule has 7 saturated heterocycles. The molecule has 7 aliphatic rings. The molecule has 3 atom stereocenters. The summed E-state index contributed by atoms with van der Waals surface area (Å²) < 4.78 is 19.7. The zero-order valence-electron chi connectivity index (χ0n) is 91.0. The second-order valence-electron chi connectivity index (χ2n) is 48.0. The van der Waals surface area contributed by atoms with E-state index in [0.717, 1.165) is 181 Å². The smallest absolute Gasteiger partial charge is 0.220 e. The van der Waals surface area contributed by atoms with Gasteiger partial charge in [-0.2, -0.15) is 5.26 Å². The maximum absolute atomic E-state index is 14.2. The average Bonchev–Trinajstić information content (AvgIpc) is 0.784. The lowest BCUT2D eigenvalue weighted by atomic mass is 9.61. The molecular weight excluding hydrogens is 1770 g/mol. The fourth-order valence-electron chi connectivity index (χ4n) is 23.3. The van der Waals surface area contributed by atoms with E-state index in [0.29, 0.717) is 45.7 Å². The van der Waals surface area contributed by atoms with E-state index in [2.05, 4.69) is 381 Å². The highest BCUT2D eigenvalue weighted by Gasteiger charge is 2.52. The number of anilines is 1. The Hall–Kier alpha value is -10.8. The number of piperidine rings is 7. The summed E-state index contributed by atoms with van der Waals surface area (Å²) in [6.07, 6.45) is 14.9. The number of likely N-dealkylation sites (tertiary alicyclic amines) is 6. The van der Waals surface area contributed by atoms with E-state index in [1.807, 2.05) is 37.3 Å². The molecule has 15 heteroatoms. The van der Waals surface area contributed by atoms with E-state index in [9.17, 15) is 4.39 Å². The van der Waals surface area contributed by atoms with Crippen molar-refractivity contribution in [2.75, 3.05) is 136 Å². The van der Waals surface area contributed by atoms with Crippen LogP contribution in [0.3, 0.4) is 0 Å². The second kappa shape index (κ2) is 53.0. The Balaban J connectivity index is 0.000000165. The predicted molar refractivity (Wildman–Crippen MR) is 600 cm³/mol. The van der Waals surface area contributed by atoms with Crippen LogP contribution in [0.5, 0.6) is 5.75 Å². The van der Waals surface area contributed by atoms with E-state index in [1.165, 1.54) is 105 Å². The molecule has 7 heterocycles. The number of para-hydroxylation sites is 1. The van der Waals surface area contributed by atoms with Crippen LogP contribution in [0.2, 0.25) is 0 Å². The molecule has 7 aliphatic heterocycles. The summed E-state index contributed by atoms with van der Waals surface area (Å²) in [6, 6.07) is 88.1. The van der Waals surface area contributed by atoms with E-state index in [4.69, 9.17) is 42.9 Å². The Bertz CT molecular complexity index is 5600. The molecule has 0 aromatic heterocycles. The van der Waals surface area contributed by atoms with Crippen LogP contribution in [0, 0.1) is 110 Å². The van der Waals surface area contributed by atoms with Crippen LogP contribution in [0.15, 0.2) is 243 Å². The number of ether oxygens (including phenoxy) is 1. The minimum atomic E-state index is -0.847. The van der Waals surface area contributed by atoms with Gasteiger partial charge in [-0.3, -0.25) is 29.4 Å². The van der Waals surface area contributed by atoms with E-state index in [-0.39, 0.29) is 66.0 Å². The molecular formula is C129H172FN13O. The summed E-state index contributed by atoms with van der Waals surface area (Å²) in [6.45, 7) is 96.9. The third-order valence-electron chi connectivity index (χ3n) is 34.8. The third kappa shape index (κ3) is 31.2. The highest BCUT2D eigenvalue weighted by Crippen LogP contribution is 2.53. The van der Waals surface area contributed by atoms with Crippen molar-refractivity contribution in [3.05, 3.63) is 333 Å². The Kier molecular flexibility index (Phi) is 41.8. The Morgan fingerprint density at radius 3 is 1.02 bits per heavy atom. The minimum Gasteiger partial charge on any atom is -0.496 e. The maximum atomic E-state index is 14.2. The fourth-order valence-corrected chi connectivity index (χ4v) is 23.3. The molecule has 16 rings (SSSR count). The summed E-state index contributed by atoms with van der Waals surface area (Å²) in [5.41, 5.74) is 18.8. The van der Waals surface area contributed by atoms with Crippen LogP contribution in [-0.4, -0.2) is 167 Å². The normalized spacial score (nSPS) is 19.9. The van der Waals surface area contributed by atoms with Gasteiger partial charge in [0.2, 0.25) is 32.7 Å². The fraction of sp³-hybridized carbons (Fsp3) is 0.535. The minimum absolute atomic E-state index is 0.0265. The van der Waals surface area contributed by atoms with Gasteiger partial charge in [0.05, 0.1) is 13.2 Å². The molecule has 0 saturated carbocycles. The van der Waals surface area contributed by atoms with Gasteiger partial charge in [-0.05, 0) is 273 Å². The van der Waals surface area contributed by atoms with Crippen molar-refractivity contribution in [2.45, 2.75) is 246 Å². The molecule has 14 nitrogen and oxygen atoms in total. The summed E-state index contributed by atoms with van der Waals surface area (Å²) in [4.78, 5) is 36.2. The van der Waals surface area contributed by atoms with Gasteiger partial charge < -0.3 is 33.9 Å². The molecule has 0 amide bonds. The highest BCUT2D eigenvalue weighted by molar-refractivity contribution is 5.68. The van der Waals surface area contributed by atoms with Gasteiger partial charge in [0.25, 0.3) is 0 Å². The van der Waals surface area contributed by atoms with E-state index >= 15 is 0 Å². The first-order chi connectivity index (χ1) is 68.9. The molecule has 0 N–H and O–H groups in total. The molecule has 0 spiro atoms. The number of methoxy groups -OCH3 is 1. The van der Waals surface area contributed by atoms with Crippen molar-refractivity contribution >= 4 is 5.69 Å². The lowest BCUT2D eigenvalue weighted by Crippen LogP contribution is -2.48. The van der Waals surface area contributed by atoms with E-state index in [1.54, 1.807) is 7.11 Å². The molecule has 0 unspecified atom stereocenters. The first kappa shape index (κ1) is 114. The molecule has 0 bridgehead atoms. The quantitative estimate of drug-likeness (QED) is 0.0582. The summed E-state index contributed by atoms with van der Waals surface area (Å²) in [5.74, 6) is 1.07. The van der Waals surface area contributed by atoms with Gasteiger partial charge in [0.1, 0.15) is 11.9 Å². The SMILES string of the molecule is C[C@@H]1[C@@H](CC#N)CN(Cc2ccc(-c3ccccc3)cc2)C[C@H]1F.[C-]#[N+]CC1(C(C)(C)C)CCN(Cc2ccc(N3CCCCC3)cc2)CC1.[C-]#[N+]CC1(C(C)(C)C)CCN(Cc2cccc(-c3ccccc3)c2)CC1.[C-]#[N+]CC1(C(C)(C)C)CCN(Cc2ccccc2)CC1.[C-]#[N+]CC1(C(C)(C)C)CCN(Cc2ccccc2-c2ccccc2)CC1.[C-]#[N+]CC1(C(C)(C)C)CCN(Cc2ccccc2OC)CC1. The van der Waals surface area contributed by atoms with Crippen molar-refractivity contribution in [1.29, 1.82) is 5.26 Å². The maximum Gasteiger partial charge on any atom is 0.220 e. The second-order valence-corrected chi connectivity index (χ2v) is 48.0. The van der Waals surface area contributed by atoms with Gasteiger partial charge in [-0.1, -0.05) is 329 Å². The number of hydrogen-bond donors (Lipinski definition) is 0. The zero-order valence-corrected chi connectivity index (χ0v) is 91.0. The molecule has 144 heavy (non-hydrogen) atoms. The van der Waals surface area contributed by atoms with Crippen LogP contribution in [0.1, 0.15) is 234 Å². The standard InChI is InChI=1S/2C24H30N2.C23H35N3.C21H23FN2.C19H28N2O.C18H26N2/c1-23(2,3)24(19-25-4)13-15-26(16-14-24)18-20-9-8-12-22(17-20)21-10-6-5-7-11-21;1-23(2,3)24(19-25-4)14-16-26(17-15-24)18-21-12-8-9-13-22(21)20-10-6-5-7-11-20;1-22(2,3)23(19-24-4)12-16-25(17-13-23)18-20-8-10-21(11-9-20)26-14-6-5-7-15-26;1-16-20(11-12-23)14-24(15-21(16)22)13-17-7-9-19(10-8-17)18-5-3-2-4-6-18;1-18(2,3)19(15-20-4)10-12-21(13-11-19)14-16-8-6-7-9-17(16)22-5;1-17(2,3)18(15-19-4)10-12-20(13-11-18)14-16-8-6-5-7-9-16/h5-12,17H,13-16,18-19H2,1-3H3;5-13H,14-19H2,1-3H3;8-11H,5-7,12-19H2,1-3H3;2-10,16,20-21H,11,13-15H2,1H3;6-9H,10-15H2,1-3,5H3;5-9H,10-15H2,1-3H3/t;;;16-,20+,21-;;/m...1../s1. The molecule has 766 valence electrons. The predicted octanol–water partition coefficient (Wildman–Crippen LogP) is 30.2. The van der Waals surface area contributed by atoms with Crippen molar-refractivity contribution in [3.8, 4) is 45.2 Å². The van der Waals surface area contributed by atoms with Crippen LogP contribution >= 0.6 is 0 Å². The van der Waals surface area contributed by atoms with Gasteiger partial charge in [-0.15, -0.1) is 0 Å². The lowest BCUT2D eigenvalue weighted by molar-refractivity contribution is 0.0171. The Morgan fingerprint density at radius 1 is 0.326 bits per heavy atom. The molecule has 0 aliphatic carbocycles. The molecule has 9 aromatic carbocycles.